The molecule has 4 atom stereocenters. The normalized spacial score (nSPS) is 22.3. The first-order valence-corrected chi connectivity index (χ1v) is 11.6. The van der Waals surface area contributed by atoms with Crippen LogP contribution in [0.5, 0.6) is 0 Å². The fraction of sp³-hybridized carbons (Fsp3) is 0.231. The van der Waals surface area contributed by atoms with Crippen LogP contribution in [0, 0.1) is 5.82 Å². The minimum Gasteiger partial charge on any atom is -0.390 e. The topological polar surface area (TPSA) is 129 Å². The number of nitrogens with zero attached hydrogens (tertiary/aromatic N) is 3. The number of hydrogen-bond acceptors (Lipinski definition) is 6. The number of amides is 2. The molecule has 0 fully saturated rings. The number of aromatic nitrogens is 3. The van der Waals surface area contributed by atoms with Crippen molar-refractivity contribution < 1.29 is 24.2 Å². The molecule has 10 heteroatoms. The number of benzene rings is 2. The molecule has 0 saturated carbocycles. The molecule has 0 spiro atoms. The highest BCUT2D eigenvalue weighted by Crippen LogP contribution is 2.32. The van der Waals surface area contributed by atoms with Gasteiger partial charge in [-0.15, -0.1) is 0 Å². The van der Waals surface area contributed by atoms with Crippen LogP contribution in [0.3, 0.4) is 0 Å². The summed E-state index contributed by atoms with van der Waals surface area (Å²) in [6.07, 6.45) is 0.0433. The number of fused-ring (bicyclic) bond motifs is 3. The smallest absolute Gasteiger partial charge is 0.270 e. The molecule has 0 saturated heterocycles. The Morgan fingerprint density at radius 2 is 1.44 bits per heavy atom. The number of aliphatic hydroxyl groups is 2. The van der Waals surface area contributed by atoms with Gasteiger partial charge in [0.1, 0.15) is 11.4 Å². The van der Waals surface area contributed by atoms with Crippen molar-refractivity contribution in [2.75, 3.05) is 0 Å². The molecule has 2 aliphatic carbocycles. The van der Waals surface area contributed by atoms with Gasteiger partial charge in [-0.3, -0.25) is 9.59 Å². The van der Waals surface area contributed by atoms with Crippen molar-refractivity contribution in [1.29, 1.82) is 0 Å². The summed E-state index contributed by atoms with van der Waals surface area (Å²) in [6.45, 7) is 0. The van der Waals surface area contributed by atoms with Crippen molar-refractivity contribution >= 4 is 17.5 Å². The van der Waals surface area contributed by atoms with Crippen molar-refractivity contribution in [1.82, 2.24) is 25.2 Å². The van der Waals surface area contributed by atoms with E-state index >= 15 is 0 Å². The van der Waals surface area contributed by atoms with E-state index in [2.05, 4.69) is 20.7 Å². The molecule has 0 aliphatic heterocycles. The predicted molar refractivity (Wildman–Crippen MR) is 126 cm³/mol. The van der Waals surface area contributed by atoms with Crippen LogP contribution in [0.25, 0.3) is 5.65 Å². The van der Waals surface area contributed by atoms with E-state index < -0.39 is 41.9 Å². The van der Waals surface area contributed by atoms with Gasteiger partial charge in [0.05, 0.1) is 30.5 Å². The zero-order valence-electron chi connectivity index (χ0n) is 18.9. The molecule has 2 aliphatic rings. The minimum absolute atomic E-state index is 0.113. The van der Waals surface area contributed by atoms with Crippen LogP contribution in [-0.2, 0) is 12.8 Å². The van der Waals surface area contributed by atoms with E-state index in [0.717, 1.165) is 33.0 Å². The third kappa shape index (κ3) is 3.62. The Balaban J connectivity index is 1.32. The van der Waals surface area contributed by atoms with Crippen LogP contribution in [0.15, 0.2) is 60.8 Å². The van der Waals surface area contributed by atoms with E-state index in [1.54, 1.807) is 0 Å². The fourth-order valence-electron chi connectivity index (χ4n) is 5.14. The molecule has 36 heavy (non-hydrogen) atoms. The molecule has 2 aromatic heterocycles. The van der Waals surface area contributed by atoms with Gasteiger partial charge in [0, 0.05) is 18.9 Å². The first kappa shape index (κ1) is 22.3. The van der Waals surface area contributed by atoms with Crippen molar-refractivity contribution in [3.63, 3.8) is 0 Å². The van der Waals surface area contributed by atoms with Gasteiger partial charge in [0.15, 0.2) is 11.5 Å². The first-order valence-electron chi connectivity index (χ1n) is 11.6. The van der Waals surface area contributed by atoms with Crippen LogP contribution >= 0.6 is 0 Å². The molecule has 182 valence electrons. The summed E-state index contributed by atoms with van der Waals surface area (Å²) < 4.78 is 15.5. The van der Waals surface area contributed by atoms with Gasteiger partial charge >= 0.3 is 0 Å². The Morgan fingerprint density at radius 3 is 2.06 bits per heavy atom. The van der Waals surface area contributed by atoms with E-state index in [-0.39, 0.29) is 17.0 Å². The van der Waals surface area contributed by atoms with Gasteiger partial charge in [0.25, 0.3) is 11.8 Å². The molecule has 2 heterocycles. The number of carbonyl (C=O) groups excluding carboxylic acids is 2. The number of rotatable bonds is 4. The summed E-state index contributed by atoms with van der Waals surface area (Å²) in [4.78, 5) is 30.6. The molecule has 6 rings (SSSR count). The first-order chi connectivity index (χ1) is 17.4. The van der Waals surface area contributed by atoms with Gasteiger partial charge in [-0.2, -0.15) is 5.10 Å². The lowest BCUT2D eigenvalue weighted by atomic mass is 10.1. The molecule has 0 unspecified atom stereocenters. The van der Waals surface area contributed by atoms with E-state index in [1.807, 2.05) is 48.5 Å². The third-order valence-electron chi connectivity index (χ3n) is 6.88. The summed E-state index contributed by atoms with van der Waals surface area (Å²) in [5.41, 5.74) is 2.84. The maximum absolute atomic E-state index is 14.5. The van der Waals surface area contributed by atoms with Crippen LogP contribution in [-0.4, -0.2) is 48.8 Å². The Hall–Kier alpha value is -4.15. The van der Waals surface area contributed by atoms with Crippen LogP contribution in [0.1, 0.15) is 55.3 Å². The molecule has 9 nitrogen and oxygen atoms in total. The zero-order valence-corrected chi connectivity index (χ0v) is 18.9. The number of hydrogen-bond donors (Lipinski definition) is 4. The van der Waals surface area contributed by atoms with E-state index in [0.29, 0.717) is 12.8 Å². The SMILES string of the molecule is O=C(N[C@H]1c2ccccc2C[C@H]1O)c1cc(C(=O)N[C@H]2c3ccccc3C[C@H]2O)n2ncc(F)c2n1. The summed E-state index contributed by atoms with van der Waals surface area (Å²) in [7, 11) is 0. The monoisotopic (exact) mass is 487 g/mol. The highest BCUT2D eigenvalue weighted by molar-refractivity contribution is 5.98. The second-order valence-electron chi connectivity index (χ2n) is 9.10. The Labute approximate surface area is 204 Å². The van der Waals surface area contributed by atoms with Gasteiger partial charge in [0.2, 0.25) is 0 Å². The Kier molecular flexibility index (Phi) is 5.27. The lowest BCUT2D eigenvalue weighted by Gasteiger charge is -2.19. The Bertz CT molecular complexity index is 1520. The van der Waals surface area contributed by atoms with Crippen LogP contribution < -0.4 is 10.6 Å². The van der Waals surface area contributed by atoms with E-state index in [4.69, 9.17) is 0 Å². The number of aliphatic hydroxyl groups excluding tert-OH is 2. The summed E-state index contributed by atoms with van der Waals surface area (Å²) in [5, 5.41) is 30.5. The van der Waals surface area contributed by atoms with Crippen LogP contribution in [0.4, 0.5) is 4.39 Å². The van der Waals surface area contributed by atoms with Gasteiger partial charge in [-0.05, 0) is 22.3 Å². The van der Waals surface area contributed by atoms with Gasteiger partial charge < -0.3 is 20.8 Å². The van der Waals surface area contributed by atoms with E-state index in [9.17, 15) is 24.2 Å². The molecule has 4 N–H and O–H groups in total. The fourth-order valence-corrected chi connectivity index (χ4v) is 5.14. The molecule has 4 aromatic rings. The highest BCUT2D eigenvalue weighted by Gasteiger charge is 2.34. The predicted octanol–water partition coefficient (Wildman–Crippen LogP) is 1.64. The molecule has 2 aromatic carbocycles. The zero-order chi connectivity index (χ0) is 25.0. The second kappa shape index (κ2) is 8.51. The van der Waals surface area contributed by atoms with Gasteiger partial charge in [-0.1, -0.05) is 48.5 Å². The minimum atomic E-state index is -0.829. The quantitative estimate of drug-likeness (QED) is 0.347. The molecular formula is C26H22FN5O4. The van der Waals surface area contributed by atoms with Crippen molar-refractivity contribution in [3.8, 4) is 0 Å². The lowest BCUT2D eigenvalue weighted by molar-refractivity contribution is 0.0847. The average molecular weight is 487 g/mol. The standard InChI is InChI=1S/C26H22FN5O4/c27-17-12-28-32-19(26(36)31-23-16-8-4-2-6-14(16)10-21(23)34)11-18(29-24(17)32)25(35)30-22-15-7-3-1-5-13(15)9-20(22)33/h1-8,11-12,20-23,33-34H,9-10H2,(H,30,35)(H,31,36)/t20-,21-,22+,23+/m1/s1. The van der Waals surface area contributed by atoms with Crippen LogP contribution in [0.2, 0.25) is 0 Å². The van der Waals surface area contributed by atoms with Crippen molar-refractivity contribution in [3.05, 3.63) is 100 Å². The largest absolute Gasteiger partial charge is 0.390 e. The summed E-state index contributed by atoms with van der Waals surface area (Å²) in [5.74, 6) is -2.11. The lowest BCUT2D eigenvalue weighted by Crippen LogP contribution is -2.36. The Morgan fingerprint density at radius 1 is 0.889 bits per heavy atom. The number of nitrogens with one attached hydrogen (secondary N) is 2. The van der Waals surface area contributed by atoms with Gasteiger partial charge in [-0.25, -0.2) is 13.9 Å². The van der Waals surface area contributed by atoms with Crippen molar-refractivity contribution in [2.45, 2.75) is 37.1 Å². The third-order valence-corrected chi connectivity index (χ3v) is 6.88. The molecular weight excluding hydrogens is 465 g/mol. The van der Waals surface area contributed by atoms with Crippen molar-refractivity contribution in [2.24, 2.45) is 0 Å². The van der Waals surface area contributed by atoms with E-state index in [1.165, 1.54) is 6.07 Å². The number of halogens is 1. The molecule has 2 amide bonds. The maximum atomic E-state index is 14.5. The summed E-state index contributed by atoms with van der Waals surface area (Å²) in [6, 6.07) is 14.7. The summed E-state index contributed by atoms with van der Waals surface area (Å²) >= 11 is 0. The second-order valence-corrected chi connectivity index (χ2v) is 9.10. The molecule has 0 radical (unpaired) electrons. The number of carbonyl (C=O) groups is 2. The average Bonchev–Trinajstić information content (AvgIpc) is 3.51. The highest BCUT2D eigenvalue weighted by atomic mass is 19.1. The maximum Gasteiger partial charge on any atom is 0.270 e. The molecule has 0 bridgehead atoms.